The molecule has 8 heteroatoms. The Morgan fingerprint density at radius 3 is 2.48 bits per heavy atom. The highest BCUT2D eigenvalue weighted by atomic mass is 32.2. The van der Waals surface area contributed by atoms with E-state index in [1.807, 2.05) is 15.4 Å². The molecule has 152 valence electrons. The minimum Gasteiger partial charge on any atom is -0.355 e. The third-order valence-corrected chi connectivity index (χ3v) is 6.70. The highest BCUT2D eigenvalue weighted by Gasteiger charge is 2.26. The van der Waals surface area contributed by atoms with Gasteiger partial charge in [0.05, 0.1) is 10.4 Å². The van der Waals surface area contributed by atoms with Crippen molar-refractivity contribution < 1.29 is 17.6 Å². The summed E-state index contributed by atoms with van der Waals surface area (Å²) in [7, 11) is -3.93. The molecular formula is C21H22FN3O3S. The fourth-order valence-corrected chi connectivity index (χ4v) is 4.97. The Bertz CT molecular complexity index is 1190. The summed E-state index contributed by atoms with van der Waals surface area (Å²) in [6, 6.07) is 13.3. The van der Waals surface area contributed by atoms with E-state index in [4.69, 9.17) is 0 Å². The maximum Gasteiger partial charge on any atom is 0.264 e. The summed E-state index contributed by atoms with van der Waals surface area (Å²) >= 11 is 0. The molecule has 1 aromatic heterocycles. The third kappa shape index (κ3) is 3.60. The Labute approximate surface area is 169 Å². The number of hydrogen-bond acceptors (Lipinski definition) is 4. The van der Waals surface area contributed by atoms with E-state index in [2.05, 4.69) is 11.8 Å². The zero-order valence-corrected chi connectivity index (χ0v) is 17.0. The van der Waals surface area contributed by atoms with Crippen LogP contribution in [0, 0.1) is 5.82 Å². The van der Waals surface area contributed by atoms with Crippen molar-refractivity contribution in [1.29, 1.82) is 0 Å². The number of rotatable bonds is 4. The average Bonchev–Trinajstić information content (AvgIpc) is 3.24. The number of nitrogens with one attached hydrogen (secondary N) is 1. The summed E-state index contributed by atoms with van der Waals surface area (Å²) in [4.78, 5) is 13.6. The molecule has 1 N–H and O–H groups in total. The molecule has 6 nitrogen and oxygen atoms in total. The van der Waals surface area contributed by atoms with Crippen molar-refractivity contribution in [3.05, 3.63) is 54.3 Å². The zero-order chi connectivity index (χ0) is 20.8. The SMILES string of the molecule is CC(=O)NS(=O)(=O)c1ccc2c(c1)cc(N1CCCC1C)n2-c1ccc(F)cc1. The van der Waals surface area contributed by atoms with Gasteiger partial charge in [-0.05, 0) is 68.3 Å². The monoisotopic (exact) mass is 415 g/mol. The van der Waals surface area contributed by atoms with Crippen LogP contribution in [0.15, 0.2) is 53.4 Å². The molecule has 0 bridgehead atoms. The van der Waals surface area contributed by atoms with Gasteiger partial charge in [-0.3, -0.25) is 9.36 Å². The average molecular weight is 415 g/mol. The van der Waals surface area contributed by atoms with Gasteiger partial charge in [0.25, 0.3) is 10.0 Å². The number of sulfonamides is 1. The molecule has 1 fully saturated rings. The molecule has 1 amide bonds. The Balaban J connectivity index is 1.91. The molecule has 0 saturated carbocycles. The fraction of sp³-hybridized carbons (Fsp3) is 0.286. The summed E-state index contributed by atoms with van der Waals surface area (Å²) < 4.78 is 42.3. The molecule has 1 aliphatic rings. The van der Waals surface area contributed by atoms with Crippen molar-refractivity contribution in [2.75, 3.05) is 11.4 Å². The molecule has 1 saturated heterocycles. The normalized spacial score (nSPS) is 17.1. The quantitative estimate of drug-likeness (QED) is 0.707. The van der Waals surface area contributed by atoms with Crippen LogP contribution in [-0.2, 0) is 14.8 Å². The first kappa shape index (κ1) is 19.4. The highest BCUT2D eigenvalue weighted by molar-refractivity contribution is 7.90. The molecule has 0 radical (unpaired) electrons. The van der Waals surface area contributed by atoms with Gasteiger partial charge in [-0.1, -0.05) is 0 Å². The maximum absolute atomic E-state index is 13.5. The van der Waals surface area contributed by atoms with Crippen molar-refractivity contribution in [2.24, 2.45) is 0 Å². The van der Waals surface area contributed by atoms with E-state index in [9.17, 15) is 17.6 Å². The van der Waals surface area contributed by atoms with Crippen molar-refractivity contribution in [2.45, 2.75) is 37.6 Å². The lowest BCUT2D eigenvalue weighted by Crippen LogP contribution is -2.28. The van der Waals surface area contributed by atoms with Gasteiger partial charge in [-0.15, -0.1) is 0 Å². The molecule has 0 aliphatic carbocycles. The van der Waals surface area contributed by atoms with Crippen LogP contribution in [0.4, 0.5) is 10.2 Å². The Kier molecular flexibility index (Phi) is 4.82. The molecule has 3 aromatic rings. The molecule has 1 atom stereocenters. The number of carbonyl (C=O) groups excluding carboxylic acids is 1. The predicted molar refractivity (Wildman–Crippen MR) is 110 cm³/mol. The summed E-state index contributed by atoms with van der Waals surface area (Å²) in [5, 5.41) is 0.731. The molecule has 1 aliphatic heterocycles. The Morgan fingerprint density at radius 2 is 1.86 bits per heavy atom. The number of amides is 1. The van der Waals surface area contributed by atoms with Gasteiger partial charge in [0.15, 0.2) is 0 Å². The highest BCUT2D eigenvalue weighted by Crippen LogP contribution is 2.35. The maximum atomic E-state index is 13.5. The van der Waals surface area contributed by atoms with E-state index < -0.39 is 15.9 Å². The fourth-order valence-electron chi connectivity index (χ4n) is 3.94. The van der Waals surface area contributed by atoms with Gasteiger partial charge in [0.2, 0.25) is 5.91 Å². The smallest absolute Gasteiger partial charge is 0.264 e. The number of anilines is 1. The second kappa shape index (κ2) is 7.18. The molecule has 1 unspecified atom stereocenters. The first-order valence-corrected chi connectivity index (χ1v) is 11.0. The summed E-state index contributed by atoms with van der Waals surface area (Å²) in [6.07, 6.45) is 2.15. The van der Waals surface area contributed by atoms with E-state index in [1.54, 1.807) is 24.3 Å². The number of benzene rings is 2. The van der Waals surface area contributed by atoms with Gasteiger partial charge in [-0.2, -0.15) is 0 Å². The van der Waals surface area contributed by atoms with E-state index in [-0.39, 0.29) is 10.7 Å². The summed E-state index contributed by atoms with van der Waals surface area (Å²) in [5.74, 6) is -0.0174. The van der Waals surface area contributed by atoms with Crippen LogP contribution in [0.3, 0.4) is 0 Å². The number of carbonyl (C=O) groups is 1. The van der Waals surface area contributed by atoms with Crippen LogP contribution in [0.5, 0.6) is 0 Å². The van der Waals surface area contributed by atoms with Crippen molar-refractivity contribution in [3.8, 4) is 5.69 Å². The molecular weight excluding hydrogens is 393 g/mol. The first-order chi connectivity index (χ1) is 13.8. The lowest BCUT2D eigenvalue weighted by Gasteiger charge is -2.25. The van der Waals surface area contributed by atoms with Crippen LogP contribution >= 0.6 is 0 Å². The van der Waals surface area contributed by atoms with Gasteiger partial charge >= 0.3 is 0 Å². The van der Waals surface area contributed by atoms with Crippen LogP contribution < -0.4 is 9.62 Å². The van der Waals surface area contributed by atoms with E-state index in [0.717, 1.165) is 48.7 Å². The van der Waals surface area contributed by atoms with Gasteiger partial charge < -0.3 is 4.90 Å². The van der Waals surface area contributed by atoms with Gasteiger partial charge in [-0.25, -0.2) is 17.5 Å². The van der Waals surface area contributed by atoms with Crippen LogP contribution in [-0.4, -0.2) is 31.5 Å². The number of nitrogens with zero attached hydrogens (tertiary/aromatic N) is 2. The molecule has 2 heterocycles. The summed E-state index contributed by atoms with van der Waals surface area (Å²) in [5.41, 5.74) is 1.61. The minimum atomic E-state index is -3.93. The summed E-state index contributed by atoms with van der Waals surface area (Å²) in [6.45, 7) is 4.22. The van der Waals surface area contributed by atoms with E-state index in [0.29, 0.717) is 6.04 Å². The number of aromatic nitrogens is 1. The van der Waals surface area contributed by atoms with E-state index >= 15 is 0 Å². The zero-order valence-electron chi connectivity index (χ0n) is 16.2. The van der Waals surface area contributed by atoms with Gasteiger partial charge in [0, 0.05) is 30.6 Å². The van der Waals surface area contributed by atoms with Crippen molar-refractivity contribution in [1.82, 2.24) is 9.29 Å². The van der Waals surface area contributed by atoms with Crippen LogP contribution in [0.2, 0.25) is 0 Å². The first-order valence-electron chi connectivity index (χ1n) is 9.48. The second-order valence-corrected chi connectivity index (χ2v) is 9.06. The third-order valence-electron chi connectivity index (χ3n) is 5.27. The second-order valence-electron chi connectivity index (χ2n) is 7.38. The number of halogens is 1. The Morgan fingerprint density at radius 1 is 1.14 bits per heavy atom. The predicted octanol–water partition coefficient (Wildman–Crippen LogP) is 3.58. The lowest BCUT2D eigenvalue weighted by molar-refractivity contribution is -0.117. The number of fused-ring (bicyclic) bond motifs is 1. The lowest BCUT2D eigenvalue weighted by atomic mass is 10.2. The Hall–Kier alpha value is -2.87. The van der Waals surface area contributed by atoms with Gasteiger partial charge in [0.1, 0.15) is 11.6 Å². The molecule has 29 heavy (non-hydrogen) atoms. The van der Waals surface area contributed by atoms with Crippen molar-refractivity contribution in [3.63, 3.8) is 0 Å². The standard InChI is InChI=1S/C21H22FN3O3S/c1-14-4-3-11-24(14)21-13-16-12-19(29(27,28)23-15(2)26)9-10-20(16)25(21)18-7-5-17(22)6-8-18/h5-10,12-14H,3-4,11H2,1-2H3,(H,23,26). The van der Waals surface area contributed by atoms with Crippen molar-refractivity contribution >= 4 is 32.7 Å². The number of hydrogen-bond donors (Lipinski definition) is 1. The minimum absolute atomic E-state index is 0.0254. The topological polar surface area (TPSA) is 71.4 Å². The van der Waals surface area contributed by atoms with E-state index in [1.165, 1.54) is 18.2 Å². The molecule has 4 rings (SSSR count). The molecule has 2 aromatic carbocycles. The largest absolute Gasteiger partial charge is 0.355 e. The van der Waals surface area contributed by atoms with Crippen LogP contribution in [0.1, 0.15) is 26.7 Å². The molecule has 0 spiro atoms. The van der Waals surface area contributed by atoms with Crippen LogP contribution in [0.25, 0.3) is 16.6 Å².